The van der Waals surface area contributed by atoms with Gasteiger partial charge in [-0.1, -0.05) is 6.42 Å². The van der Waals surface area contributed by atoms with Crippen LogP contribution >= 0.6 is 0 Å². The number of hydrogen-bond donors (Lipinski definition) is 2. The van der Waals surface area contributed by atoms with E-state index in [4.69, 9.17) is 4.74 Å². The Hall–Kier alpha value is -0.770. The highest BCUT2D eigenvalue weighted by Crippen LogP contribution is 2.49. The first-order chi connectivity index (χ1) is 9.22. The van der Waals surface area contributed by atoms with E-state index in [9.17, 15) is 0 Å². The van der Waals surface area contributed by atoms with Gasteiger partial charge < -0.3 is 15.4 Å². The van der Waals surface area contributed by atoms with E-state index in [1.807, 2.05) is 7.05 Å². The normalized spacial score (nSPS) is 31.5. The number of rotatable bonds is 6. The van der Waals surface area contributed by atoms with Crippen LogP contribution < -0.4 is 10.6 Å². The fourth-order valence-corrected chi connectivity index (χ4v) is 3.83. The molecule has 4 heteroatoms. The van der Waals surface area contributed by atoms with Crippen molar-refractivity contribution in [3.05, 3.63) is 0 Å². The second-order valence-corrected chi connectivity index (χ2v) is 6.22. The van der Waals surface area contributed by atoms with Crippen molar-refractivity contribution >= 4 is 5.96 Å². The van der Waals surface area contributed by atoms with E-state index < -0.39 is 0 Å². The molecule has 0 aromatic rings. The van der Waals surface area contributed by atoms with Gasteiger partial charge in [-0.3, -0.25) is 4.99 Å². The highest BCUT2D eigenvalue weighted by atomic mass is 16.5. The van der Waals surface area contributed by atoms with Crippen LogP contribution in [0.15, 0.2) is 4.99 Å². The number of aliphatic imine (C=N–C) groups is 1. The molecule has 0 aromatic carbocycles. The van der Waals surface area contributed by atoms with Crippen molar-refractivity contribution in [2.75, 3.05) is 27.3 Å². The van der Waals surface area contributed by atoms with Crippen molar-refractivity contribution in [1.29, 1.82) is 0 Å². The van der Waals surface area contributed by atoms with E-state index in [0.717, 1.165) is 30.3 Å². The van der Waals surface area contributed by atoms with Crippen LogP contribution in [0.1, 0.15) is 39.0 Å². The van der Waals surface area contributed by atoms with Crippen LogP contribution in [0.2, 0.25) is 0 Å². The minimum atomic E-state index is 0.290. The maximum atomic E-state index is 5.12. The van der Waals surface area contributed by atoms with Crippen LogP contribution in [0, 0.1) is 17.8 Å². The van der Waals surface area contributed by atoms with Gasteiger partial charge in [0.15, 0.2) is 5.96 Å². The van der Waals surface area contributed by atoms with Gasteiger partial charge in [0.05, 0.1) is 6.61 Å². The Kier molecular flexibility index (Phi) is 5.49. The zero-order valence-corrected chi connectivity index (χ0v) is 12.6. The molecule has 0 saturated heterocycles. The lowest BCUT2D eigenvalue weighted by Gasteiger charge is -2.23. The number of methoxy groups -OCH3 is 1. The van der Waals surface area contributed by atoms with Crippen LogP contribution in [0.5, 0.6) is 0 Å². The number of hydrogen-bond acceptors (Lipinski definition) is 2. The average molecular weight is 267 g/mol. The summed E-state index contributed by atoms with van der Waals surface area (Å²) < 4.78 is 5.12. The Morgan fingerprint density at radius 3 is 2.79 bits per heavy atom. The Morgan fingerprint density at radius 2 is 2.21 bits per heavy atom. The molecule has 4 atom stereocenters. The fourth-order valence-electron chi connectivity index (χ4n) is 3.83. The van der Waals surface area contributed by atoms with Crippen LogP contribution in [-0.4, -0.2) is 39.3 Å². The molecule has 0 heterocycles. The molecule has 2 N–H and O–H groups in total. The summed E-state index contributed by atoms with van der Waals surface area (Å²) in [6.45, 7) is 3.84. The first-order valence-electron chi connectivity index (χ1n) is 7.69. The summed E-state index contributed by atoms with van der Waals surface area (Å²) in [6, 6.07) is 0.290. The highest BCUT2D eigenvalue weighted by Gasteiger charge is 2.38. The van der Waals surface area contributed by atoms with E-state index in [-0.39, 0.29) is 0 Å². The van der Waals surface area contributed by atoms with E-state index >= 15 is 0 Å². The van der Waals surface area contributed by atoms with Crippen molar-refractivity contribution in [2.24, 2.45) is 22.7 Å². The minimum Gasteiger partial charge on any atom is -0.383 e. The van der Waals surface area contributed by atoms with Gasteiger partial charge in [0.25, 0.3) is 0 Å². The molecular formula is C15H29N3O. The lowest BCUT2D eigenvalue weighted by Crippen LogP contribution is -2.44. The van der Waals surface area contributed by atoms with Gasteiger partial charge >= 0.3 is 0 Å². The van der Waals surface area contributed by atoms with E-state index in [1.165, 1.54) is 32.1 Å². The first-order valence-corrected chi connectivity index (χ1v) is 7.69. The molecular weight excluding hydrogens is 238 g/mol. The van der Waals surface area contributed by atoms with Crippen molar-refractivity contribution in [3.8, 4) is 0 Å². The second-order valence-electron chi connectivity index (χ2n) is 6.22. The molecule has 2 aliphatic rings. The van der Waals surface area contributed by atoms with Crippen molar-refractivity contribution in [3.63, 3.8) is 0 Å². The summed E-state index contributed by atoms with van der Waals surface area (Å²) >= 11 is 0. The Bertz CT molecular complexity index is 306. The van der Waals surface area contributed by atoms with Gasteiger partial charge in [0.1, 0.15) is 0 Å². The lowest BCUT2D eigenvalue weighted by atomic mass is 9.86. The molecule has 0 amide bonds. The van der Waals surface area contributed by atoms with E-state index in [0.29, 0.717) is 12.6 Å². The molecule has 2 fully saturated rings. The summed E-state index contributed by atoms with van der Waals surface area (Å²) in [7, 11) is 3.55. The van der Waals surface area contributed by atoms with E-state index in [1.54, 1.807) is 7.11 Å². The molecule has 19 heavy (non-hydrogen) atoms. The second kappa shape index (κ2) is 7.13. The van der Waals surface area contributed by atoms with Gasteiger partial charge in [-0.2, -0.15) is 0 Å². The predicted octanol–water partition coefficient (Wildman–Crippen LogP) is 2.01. The zero-order valence-electron chi connectivity index (χ0n) is 12.6. The quantitative estimate of drug-likeness (QED) is 0.571. The fraction of sp³-hybridized carbons (Fsp3) is 0.933. The Balaban J connectivity index is 1.63. The number of ether oxygens (including phenoxy) is 1. The molecule has 2 bridgehead atoms. The van der Waals surface area contributed by atoms with Gasteiger partial charge in [-0.15, -0.1) is 0 Å². The number of guanidine groups is 1. The van der Waals surface area contributed by atoms with Crippen molar-refractivity contribution in [1.82, 2.24) is 10.6 Å². The smallest absolute Gasteiger partial charge is 0.191 e. The monoisotopic (exact) mass is 267 g/mol. The maximum absolute atomic E-state index is 5.12. The molecule has 2 aliphatic carbocycles. The van der Waals surface area contributed by atoms with E-state index in [2.05, 4.69) is 22.5 Å². The average Bonchev–Trinajstić information content (AvgIpc) is 3.00. The zero-order chi connectivity index (χ0) is 13.7. The summed E-state index contributed by atoms with van der Waals surface area (Å²) in [5.41, 5.74) is 0. The third kappa shape index (κ3) is 4.10. The van der Waals surface area contributed by atoms with Crippen LogP contribution in [-0.2, 0) is 4.74 Å². The molecule has 2 saturated carbocycles. The van der Waals surface area contributed by atoms with Crippen LogP contribution in [0.3, 0.4) is 0 Å². The van der Waals surface area contributed by atoms with Crippen molar-refractivity contribution in [2.45, 2.75) is 45.1 Å². The Morgan fingerprint density at radius 1 is 1.37 bits per heavy atom. The molecule has 0 spiro atoms. The van der Waals surface area contributed by atoms with Crippen molar-refractivity contribution < 1.29 is 4.74 Å². The molecule has 2 rings (SSSR count). The summed E-state index contributed by atoms with van der Waals surface area (Å²) in [5, 5.41) is 6.77. The first kappa shape index (κ1) is 14.6. The van der Waals surface area contributed by atoms with Crippen LogP contribution in [0.25, 0.3) is 0 Å². The maximum Gasteiger partial charge on any atom is 0.191 e. The molecule has 0 radical (unpaired) electrons. The third-order valence-corrected chi connectivity index (χ3v) is 4.72. The Labute approximate surface area is 117 Å². The molecule has 110 valence electrons. The summed E-state index contributed by atoms with van der Waals surface area (Å²) in [6.07, 6.45) is 7.24. The standard InChI is InChI=1S/C15H29N3O/c1-11(10-19-3)18-15(16-2)17-7-6-14-9-12-4-5-13(14)8-12/h11-14H,4-10H2,1-3H3,(H2,16,17,18). The topological polar surface area (TPSA) is 45.7 Å². The molecule has 4 nitrogen and oxygen atoms in total. The van der Waals surface area contributed by atoms with Gasteiger partial charge in [0.2, 0.25) is 0 Å². The number of nitrogens with zero attached hydrogens (tertiary/aromatic N) is 1. The molecule has 4 unspecified atom stereocenters. The largest absolute Gasteiger partial charge is 0.383 e. The molecule has 0 aliphatic heterocycles. The van der Waals surface area contributed by atoms with Gasteiger partial charge in [0, 0.05) is 26.7 Å². The third-order valence-electron chi connectivity index (χ3n) is 4.72. The lowest BCUT2D eigenvalue weighted by molar-refractivity contribution is 0.179. The van der Waals surface area contributed by atoms with Gasteiger partial charge in [-0.05, 0) is 50.4 Å². The number of fused-ring (bicyclic) bond motifs is 2. The minimum absolute atomic E-state index is 0.290. The summed E-state index contributed by atoms with van der Waals surface area (Å²) in [5.74, 6) is 3.93. The SMILES string of the molecule is CN=C(NCCC1CC2CCC1C2)NC(C)COC. The number of nitrogens with one attached hydrogen (secondary N) is 2. The predicted molar refractivity (Wildman–Crippen MR) is 79.4 cm³/mol. The van der Waals surface area contributed by atoms with Gasteiger partial charge in [-0.25, -0.2) is 0 Å². The summed E-state index contributed by atoms with van der Waals surface area (Å²) in [4.78, 5) is 4.26. The highest BCUT2D eigenvalue weighted by molar-refractivity contribution is 5.79. The molecule has 0 aromatic heterocycles. The van der Waals surface area contributed by atoms with Crippen LogP contribution in [0.4, 0.5) is 0 Å².